The second-order valence-electron chi connectivity index (χ2n) is 3.06. The topological polar surface area (TPSA) is 115 Å². The highest BCUT2D eigenvalue weighted by atomic mass is 35.5. The zero-order chi connectivity index (χ0) is 13.2. The van der Waals surface area contributed by atoms with Crippen LogP contribution in [0.3, 0.4) is 0 Å². The van der Waals surface area contributed by atoms with Gasteiger partial charge in [-0.3, -0.25) is 4.79 Å². The lowest BCUT2D eigenvalue weighted by Crippen LogP contribution is -2.33. The van der Waals surface area contributed by atoms with Crippen LogP contribution in [0.2, 0.25) is 10.0 Å². The molecule has 1 aromatic carbocycles. The van der Waals surface area contributed by atoms with Crippen LogP contribution in [0.5, 0.6) is 0 Å². The molecule has 5 N–H and O–H groups in total. The van der Waals surface area contributed by atoms with E-state index in [1.807, 2.05) is 4.72 Å². The second-order valence-corrected chi connectivity index (χ2v) is 5.58. The van der Waals surface area contributed by atoms with Gasteiger partial charge in [0.15, 0.2) is 0 Å². The highest BCUT2D eigenvalue weighted by molar-refractivity contribution is 7.89. The van der Waals surface area contributed by atoms with Crippen LogP contribution in [0.25, 0.3) is 0 Å². The minimum absolute atomic E-state index is 0.0460. The van der Waals surface area contributed by atoms with Crippen LogP contribution in [0.15, 0.2) is 17.0 Å². The molecule has 17 heavy (non-hydrogen) atoms. The quantitative estimate of drug-likeness (QED) is 0.695. The maximum Gasteiger partial charge on any atom is 0.242 e. The van der Waals surface area contributed by atoms with Crippen molar-refractivity contribution in [3.63, 3.8) is 0 Å². The van der Waals surface area contributed by atoms with E-state index in [9.17, 15) is 13.2 Å². The van der Waals surface area contributed by atoms with Crippen LogP contribution < -0.4 is 16.2 Å². The first kappa shape index (κ1) is 14.0. The molecule has 0 aromatic heterocycles. The molecule has 94 valence electrons. The predicted molar refractivity (Wildman–Crippen MR) is 65.3 cm³/mol. The first-order valence-electron chi connectivity index (χ1n) is 4.27. The predicted octanol–water partition coefficient (Wildman–Crippen LogP) is 0.339. The van der Waals surface area contributed by atoms with Crippen LogP contribution in [0.1, 0.15) is 0 Å². The van der Waals surface area contributed by atoms with Crippen molar-refractivity contribution in [2.24, 2.45) is 5.73 Å². The smallest absolute Gasteiger partial charge is 0.242 e. The number of nitrogens with two attached hydrogens (primary N) is 2. The summed E-state index contributed by atoms with van der Waals surface area (Å²) >= 11 is 11.4. The Balaban J connectivity index is 3.16. The summed E-state index contributed by atoms with van der Waals surface area (Å²) < 4.78 is 25.4. The fraction of sp³-hybridized carbons (Fsp3) is 0.125. The van der Waals surface area contributed by atoms with Crippen molar-refractivity contribution in [2.75, 3.05) is 12.3 Å². The summed E-state index contributed by atoms with van der Waals surface area (Å²) in [5.74, 6) is -0.813. The number of anilines is 1. The lowest BCUT2D eigenvalue weighted by atomic mass is 10.3. The highest BCUT2D eigenvalue weighted by Crippen LogP contribution is 2.32. The number of nitrogens with one attached hydrogen (secondary N) is 1. The van der Waals surface area contributed by atoms with Gasteiger partial charge in [0.2, 0.25) is 15.9 Å². The van der Waals surface area contributed by atoms with E-state index >= 15 is 0 Å². The Bertz CT molecular complexity index is 559. The van der Waals surface area contributed by atoms with E-state index in [-0.39, 0.29) is 20.6 Å². The van der Waals surface area contributed by atoms with Gasteiger partial charge in [0, 0.05) is 0 Å². The van der Waals surface area contributed by atoms with Crippen molar-refractivity contribution in [1.29, 1.82) is 0 Å². The van der Waals surface area contributed by atoms with Gasteiger partial charge < -0.3 is 11.5 Å². The van der Waals surface area contributed by atoms with E-state index in [0.717, 1.165) is 0 Å². The van der Waals surface area contributed by atoms with Crippen molar-refractivity contribution in [3.8, 4) is 0 Å². The number of halogens is 2. The second kappa shape index (κ2) is 5.09. The number of primary amides is 1. The van der Waals surface area contributed by atoms with Crippen molar-refractivity contribution < 1.29 is 13.2 Å². The van der Waals surface area contributed by atoms with E-state index in [1.54, 1.807) is 0 Å². The van der Waals surface area contributed by atoms with E-state index in [4.69, 9.17) is 34.7 Å². The Kier molecular flexibility index (Phi) is 4.21. The molecule has 1 aromatic rings. The van der Waals surface area contributed by atoms with Gasteiger partial charge in [0.05, 0.1) is 22.3 Å². The highest BCUT2D eigenvalue weighted by Gasteiger charge is 2.20. The summed E-state index contributed by atoms with van der Waals surface area (Å²) in [6.45, 7) is -0.527. The molecule has 0 heterocycles. The molecule has 9 heteroatoms. The largest absolute Gasteiger partial charge is 0.396 e. The number of carbonyl (C=O) groups is 1. The zero-order valence-electron chi connectivity index (χ0n) is 8.41. The molecular weight excluding hydrogens is 289 g/mol. The third-order valence-corrected chi connectivity index (χ3v) is 4.11. The van der Waals surface area contributed by atoms with E-state index in [2.05, 4.69) is 0 Å². The molecule has 0 aliphatic rings. The Morgan fingerprint density at radius 1 is 1.35 bits per heavy atom. The molecule has 1 rings (SSSR count). The number of rotatable bonds is 4. The molecule has 1 amide bonds. The van der Waals surface area contributed by atoms with Gasteiger partial charge in [-0.15, -0.1) is 0 Å². The molecule has 0 saturated carbocycles. The van der Waals surface area contributed by atoms with Crippen molar-refractivity contribution in [3.05, 3.63) is 22.2 Å². The summed E-state index contributed by atoms with van der Waals surface area (Å²) in [7, 11) is -3.95. The molecule has 0 aliphatic heterocycles. The third kappa shape index (κ3) is 3.22. The van der Waals surface area contributed by atoms with Crippen LogP contribution in [0, 0.1) is 0 Å². The van der Waals surface area contributed by atoms with Gasteiger partial charge in [-0.2, -0.15) is 0 Å². The van der Waals surface area contributed by atoms with Gasteiger partial charge in [-0.05, 0) is 12.1 Å². The minimum Gasteiger partial charge on any atom is -0.396 e. The molecule has 0 radical (unpaired) electrons. The standard InChI is InChI=1S/C8H9Cl2N3O3S/c9-4-1-2-5(7(10)8(4)12)17(15,16)13-3-6(11)14/h1-2,13H,3,12H2,(H2,11,14). The first-order valence-corrected chi connectivity index (χ1v) is 6.51. The van der Waals surface area contributed by atoms with Crippen LogP contribution in [-0.4, -0.2) is 20.9 Å². The number of carbonyl (C=O) groups excluding carboxylic acids is 1. The van der Waals surface area contributed by atoms with Crippen LogP contribution in [-0.2, 0) is 14.8 Å². The molecule has 0 atom stereocenters. The zero-order valence-corrected chi connectivity index (χ0v) is 10.7. The SMILES string of the molecule is NC(=O)CNS(=O)(=O)c1ccc(Cl)c(N)c1Cl. The van der Waals surface area contributed by atoms with E-state index < -0.39 is 22.5 Å². The lowest BCUT2D eigenvalue weighted by Gasteiger charge is -2.09. The fourth-order valence-corrected chi connectivity index (χ4v) is 2.76. The van der Waals surface area contributed by atoms with Gasteiger partial charge in [-0.25, -0.2) is 13.1 Å². The van der Waals surface area contributed by atoms with Crippen LogP contribution in [0.4, 0.5) is 5.69 Å². The normalized spacial score (nSPS) is 11.4. The summed E-state index contributed by atoms with van der Waals surface area (Å²) in [5, 5.41) is -0.0571. The maximum atomic E-state index is 11.7. The Morgan fingerprint density at radius 3 is 2.47 bits per heavy atom. The number of amides is 1. The molecule has 0 saturated heterocycles. The summed E-state index contributed by atoms with van der Waals surface area (Å²) in [5.41, 5.74) is 10.3. The summed E-state index contributed by atoms with van der Waals surface area (Å²) in [4.78, 5) is 10.2. The van der Waals surface area contributed by atoms with Crippen molar-refractivity contribution >= 4 is 44.8 Å². The Hall–Kier alpha value is -1.02. The molecule has 0 fully saturated rings. The fourth-order valence-electron chi connectivity index (χ4n) is 1.00. The molecular formula is C8H9Cl2N3O3S. The number of benzene rings is 1. The van der Waals surface area contributed by atoms with E-state index in [0.29, 0.717) is 0 Å². The lowest BCUT2D eigenvalue weighted by molar-refractivity contribution is -0.116. The summed E-state index contributed by atoms with van der Waals surface area (Å²) in [6.07, 6.45) is 0. The maximum absolute atomic E-state index is 11.7. The van der Waals surface area contributed by atoms with Crippen LogP contribution >= 0.6 is 23.2 Å². The molecule has 6 nitrogen and oxygen atoms in total. The molecule has 0 bridgehead atoms. The average molecular weight is 298 g/mol. The third-order valence-electron chi connectivity index (χ3n) is 1.82. The Morgan fingerprint density at radius 2 is 1.94 bits per heavy atom. The van der Waals surface area contributed by atoms with Crippen molar-refractivity contribution in [2.45, 2.75) is 4.90 Å². The first-order chi connectivity index (χ1) is 7.75. The summed E-state index contributed by atoms with van der Waals surface area (Å²) in [6, 6.07) is 2.48. The monoisotopic (exact) mass is 297 g/mol. The molecule has 0 spiro atoms. The van der Waals surface area contributed by atoms with Gasteiger partial charge >= 0.3 is 0 Å². The number of sulfonamides is 1. The number of hydrogen-bond donors (Lipinski definition) is 3. The molecule has 0 unspecified atom stereocenters. The molecule has 0 aliphatic carbocycles. The minimum atomic E-state index is -3.95. The number of hydrogen-bond acceptors (Lipinski definition) is 4. The number of nitrogen functional groups attached to an aromatic ring is 1. The van der Waals surface area contributed by atoms with Gasteiger partial charge in [0.1, 0.15) is 4.90 Å². The van der Waals surface area contributed by atoms with Gasteiger partial charge in [0.25, 0.3) is 0 Å². The van der Waals surface area contributed by atoms with Gasteiger partial charge in [-0.1, -0.05) is 23.2 Å². The average Bonchev–Trinajstić information content (AvgIpc) is 2.23. The Labute approximate surface area is 108 Å². The van der Waals surface area contributed by atoms with E-state index in [1.165, 1.54) is 12.1 Å². The van der Waals surface area contributed by atoms with Crippen molar-refractivity contribution in [1.82, 2.24) is 4.72 Å².